The van der Waals surface area contributed by atoms with Gasteiger partial charge in [0.1, 0.15) is 5.76 Å². The molecule has 3 aromatic rings. The molecule has 0 aliphatic heterocycles. The van der Waals surface area contributed by atoms with E-state index >= 15 is 0 Å². The molecule has 0 aliphatic rings. The molecule has 8 heteroatoms. The average Bonchev–Trinajstić information content (AvgIpc) is 3.13. The first-order chi connectivity index (χ1) is 12.2. The van der Waals surface area contributed by atoms with Gasteiger partial charge in [0, 0.05) is 37.5 Å². The Hall–Kier alpha value is -2.61. The Morgan fingerprint density at radius 2 is 2.00 bits per heavy atom. The maximum absolute atomic E-state index is 12.9. The van der Waals surface area contributed by atoms with Crippen LogP contribution in [0.5, 0.6) is 0 Å². The molecule has 138 valence electrons. The van der Waals surface area contributed by atoms with Crippen LogP contribution >= 0.6 is 0 Å². The van der Waals surface area contributed by atoms with E-state index in [4.69, 9.17) is 4.42 Å². The number of oxazole rings is 1. The van der Waals surface area contributed by atoms with Gasteiger partial charge in [-0.15, -0.1) is 0 Å². The number of aromatic nitrogens is 3. The molecule has 1 aromatic carbocycles. The predicted octanol–water partition coefficient (Wildman–Crippen LogP) is 4.03. The molecule has 2 aromatic heterocycles. The van der Waals surface area contributed by atoms with Crippen molar-refractivity contribution in [2.45, 2.75) is 26.2 Å². The highest BCUT2D eigenvalue weighted by molar-refractivity contribution is 5.55. The van der Waals surface area contributed by atoms with Gasteiger partial charge >= 0.3 is 6.18 Å². The van der Waals surface area contributed by atoms with Crippen molar-refractivity contribution >= 4 is 0 Å². The summed E-state index contributed by atoms with van der Waals surface area (Å²) in [5, 5.41) is 4.13. The maximum Gasteiger partial charge on any atom is 0.416 e. The molecule has 3 rings (SSSR count). The van der Waals surface area contributed by atoms with Gasteiger partial charge in [0.05, 0.1) is 17.5 Å². The van der Waals surface area contributed by atoms with Crippen molar-refractivity contribution in [3.8, 4) is 11.5 Å². The van der Waals surface area contributed by atoms with E-state index in [2.05, 4.69) is 10.1 Å². The van der Waals surface area contributed by atoms with Crippen molar-refractivity contribution in [2.75, 3.05) is 7.05 Å². The standard InChI is InChI=1S/C18H19F3N4O/c1-12-16(11-24(2)9-13-8-22-25(3)10-13)23-17(26-12)14-5-4-6-15(7-14)18(19,20)21/h4-8,10H,9,11H2,1-3H3. The molecule has 2 heterocycles. The fraction of sp³-hybridized carbons (Fsp3) is 0.333. The molecule has 26 heavy (non-hydrogen) atoms. The van der Waals surface area contributed by atoms with Gasteiger partial charge in [-0.05, 0) is 32.2 Å². The lowest BCUT2D eigenvalue weighted by Crippen LogP contribution is -2.17. The zero-order valence-electron chi connectivity index (χ0n) is 14.7. The number of halogens is 3. The van der Waals surface area contributed by atoms with E-state index < -0.39 is 11.7 Å². The van der Waals surface area contributed by atoms with Crippen LogP contribution in [0.25, 0.3) is 11.5 Å². The minimum atomic E-state index is -4.40. The van der Waals surface area contributed by atoms with E-state index in [0.29, 0.717) is 30.1 Å². The third kappa shape index (κ3) is 4.13. The Balaban J connectivity index is 1.77. The molecule has 0 unspecified atom stereocenters. The first-order valence-corrected chi connectivity index (χ1v) is 8.02. The second-order valence-corrected chi connectivity index (χ2v) is 6.30. The monoisotopic (exact) mass is 364 g/mol. The van der Waals surface area contributed by atoms with Crippen LogP contribution in [-0.2, 0) is 26.3 Å². The van der Waals surface area contributed by atoms with Crippen molar-refractivity contribution < 1.29 is 17.6 Å². The minimum Gasteiger partial charge on any atom is -0.441 e. The van der Waals surface area contributed by atoms with E-state index in [1.165, 1.54) is 6.07 Å². The molecule has 0 fully saturated rings. The molecule has 0 amide bonds. The van der Waals surface area contributed by atoms with Crippen molar-refractivity contribution in [2.24, 2.45) is 7.05 Å². The van der Waals surface area contributed by atoms with Crippen molar-refractivity contribution in [1.82, 2.24) is 19.7 Å². The summed E-state index contributed by atoms with van der Waals surface area (Å²) in [6, 6.07) is 4.99. The largest absolute Gasteiger partial charge is 0.441 e. The molecule has 0 aliphatic carbocycles. The fourth-order valence-electron chi connectivity index (χ4n) is 2.70. The van der Waals surface area contributed by atoms with Crippen LogP contribution in [0.2, 0.25) is 0 Å². The van der Waals surface area contributed by atoms with E-state index in [-0.39, 0.29) is 5.89 Å². The van der Waals surface area contributed by atoms with Crippen LogP contribution in [0.15, 0.2) is 41.1 Å². The molecule has 0 radical (unpaired) electrons. The third-order valence-electron chi connectivity index (χ3n) is 3.96. The van der Waals surface area contributed by atoms with Gasteiger partial charge in [0.2, 0.25) is 5.89 Å². The molecule has 0 saturated carbocycles. The molecular weight excluding hydrogens is 345 g/mol. The normalized spacial score (nSPS) is 12.1. The minimum absolute atomic E-state index is 0.193. The summed E-state index contributed by atoms with van der Waals surface area (Å²) in [5.41, 5.74) is 1.35. The first-order valence-electron chi connectivity index (χ1n) is 8.02. The summed E-state index contributed by atoms with van der Waals surface area (Å²) in [7, 11) is 3.79. The first kappa shape index (κ1) is 18.2. The lowest BCUT2D eigenvalue weighted by molar-refractivity contribution is -0.137. The molecule has 5 nitrogen and oxygen atoms in total. The Bertz CT molecular complexity index is 898. The van der Waals surface area contributed by atoms with Crippen LogP contribution in [0.1, 0.15) is 22.6 Å². The second-order valence-electron chi connectivity index (χ2n) is 6.30. The van der Waals surface area contributed by atoms with Crippen molar-refractivity contribution in [1.29, 1.82) is 0 Å². The highest BCUT2D eigenvalue weighted by Gasteiger charge is 2.30. The van der Waals surface area contributed by atoms with Crippen LogP contribution < -0.4 is 0 Å². The molecular formula is C18H19F3N4O. The number of nitrogens with zero attached hydrogens (tertiary/aromatic N) is 4. The summed E-state index contributed by atoms with van der Waals surface area (Å²) < 4.78 is 46.0. The number of hydrogen-bond acceptors (Lipinski definition) is 4. The van der Waals surface area contributed by atoms with Crippen molar-refractivity contribution in [3.63, 3.8) is 0 Å². The zero-order chi connectivity index (χ0) is 18.9. The van der Waals surface area contributed by atoms with Gasteiger partial charge < -0.3 is 4.42 Å². The maximum atomic E-state index is 12.9. The average molecular weight is 364 g/mol. The van der Waals surface area contributed by atoms with Crippen LogP contribution in [-0.4, -0.2) is 26.7 Å². The Morgan fingerprint density at radius 1 is 1.23 bits per heavy atom. The summed E-state index contributed by atoms with van der Waals surface area (Å²) in [5.74, 6) is 0.786. The summed E-state index contributed by atoms with van der Waals surface area (Å²) in [6.07, 6.45) is -0.676. The molecule has 0 N–H and O–H groups in total. The predicted molar refractivity (Wildman–Crippen MR) is 90.1 cm³/mol. The molecule has 0 saturated heterocycles. The topological polar surface area (TPSA) is 47.1 Å². The number of aryl methyl sites for hydroxylation is 2. The Morgan fingerprint density at radius 3 is 2.65 bits per heavy atom. The lowest BCUT2D eigenvalue weighted by Gasteiger charge is -2.13. The number of benzene rings is 1. The van der Waals surface area contributed by atoms with Crippen LogP contribution in [0.3, 0.4) is 0 Å². The second kappa shape index (κ2) is 6.95. The highest BCUT2D eigenvalue weighted by atomic mass is 19.4. The molecule has 0 bridgehead atoms. The summed E-state index contributed by atoms with van der Waals surface area (Å²) in [6.45, 7) is 2.96. The van der Waals surface area contributed by atoms with E-state index in [9.17, 15) is 13.2 Å². The number of hydrogen-bond donors (Lipinski definition) is 0. The zero-order valence-corrected chi connectivity index (χ0v) is 14.7. The molecule has 0 spiro atoms. The van der Waals surface area contributed by atoms with Gasteiger partial charge in [-0.25, -0.2) is 4.98 Å². The van der Waals surface area contributed by atoms with E-state index in [1.54, 1.807) is 23.9 Å². The van der Waals surface area contributed by atoms with E-state index in [0.717, 1.165) is 17.7 Å². The number of alkyl halides is 3. The highest BCUT2D eigenvalue weighted by Crippen LogP contribution is 2.32. The third-order valence-corrected chi connectivity index (χ3v) is 3.96. The van der Waals surface area contributed by atoms with Gasteiger partial charge in [-0.2, -0.15) is 18.3 Å². The molecule has 0 atom stereocenters. The quantitative estimate of drug-likeness (QED) is 0.686. The van der Waals surface area contributed by atoms with Gasteiger partial charge in [-0.3, -0.25) is 9.58 Å². The summed E-state index contributed by atoms with van der Waals surface area (Å²) >= 11 is 0. The number of rotatable bonds is 5. The summed E-state index contributed by atoms with van der Waals surface area (Å²) in [4.78, 5) is 6.43. The lowest BCUT2D eigenvalue weighted by atomic mass is 10.1. The van der Waals surface area contributed by atoms with Crippen LogP contribution in [0, 0.1) is 6.92 Å². The van der Waals surface area contributed by atoms with Gasteiger partial charge in [0.25, 0.3) is 0 Å². The van der Waals surface area contributed by atoms with Crippen molar-refractivity contribution in [3.05, 3.63) is 59.2 Å². The smallest absolute Gasteiger partial charge is 0.416 e. The van der Waals surface area contributed by atoms with Crippen LogP contribution in [0.4, 0.5) is 13.2 Å². The fourth-order valence-corrected chi connectivity index (χ4v) is 2.70. The Kier molecular flexibility index (Phi) is 4.86. The van der Waals surface area contributed by atoms with Gasteiger partial charge in [0.15, 0.2) is 0 Å². The van der Waals surface area contributed by atoms with Gasteiger partial charge in [-0.1, -0.05) is 6.07 Å². The SMILES string of the molecule is Cc1oc(-c2cccc(C(F)(F)F)c2)nc1CN(C)Cc1cnn(C)c1. The van der Waals surface area contributed by atoms with E-state index in [1.807, 2.05) is 25.2 Å². The Labute approximate surface area is 149 Å².